The lowest BCUT2D eigenvalue weighted by atomic mass is 9.83. The highest BCUT2D eigenvalue weighted by molar-refractivity contribution is 5.75. The number of aliphatic carboxylic acids is 1. The van der Waals surface area contributed by atoms with E-state index in [-0.39, 0.29) is 5.75 Å². The van der Waals surface area contributed by atoms with Gasteiger partial charge in [-0.25, -0.2) is 0 Å². The third-order valence-corrected chi connectivity index (χ3v) is 3.96. The van der Waals surface area contributed by atoms with Gasteiger partial charge in [-0.3, -0.25) is 9.69 Å². The first-order valence-corrected chi connectivity index (χ1v) is 6.79. The van der Waals surface area contributed by atoms with Crippen molar-refractivity contribution in [1.82, 2.24) is 4.90 Å². The van der Waals surface area contributed by atoms with Gasteiger partial charge in [0.05, 0.1) is 5.41 Å². The molecule has 1 aliphatic heterocycles. The summed E-state index contributed by atoms with van der Waals surface area (Å²) >= 11 is 0. The standard InChI is InChI=1S/C15H21NO3/c1-2-7-15(14(18)19)8-9-16(11-15)10-12-3-5-13(17)6-4-12/h3-6,17H,2,7-11H2,1H3,(H,18,19). The molecule has 0 aliphatic carbocycles. The van der Waals surface area contributed by atoms with Gasteiger partial charge >= 0.3 is 5.97 Å². The number of carbonyl (C=O) groups is 1. The predicted octanol–water partition coefficient (Wildman–Crippen LogP) is 2.47. The molecule has 1 heterocycles. The Morgan fingerprint density at radius 3 is 2.63 bits per heavy atom. The zero-order chi connectivity index (χ0) is 13.9. The van der Waals surface area contributed by atoms with Gasteiger partial charge in [0.1, 0.15) is 5.75 Å². The predicted molar refractivity (Wildman–Crippen MR) is 73.0 cm³/mol. The number of carboxylic acids is 1. The molecule has 1 aliphatic rings. The van der Waals surface area contributed by atoms with Gasteiger partial charge in [0.2, 0.25) is 0 Å². The van der Waals surface area contributed by atoms with Crippen molar-refractivity contribution in [2.45, 2.75) is 32.7 Å². The van der Waals surface area contributed by atoms with Crippen LogP contribution in [0.2, 0.25) is 0 Å². The van der Waals surface area contributed by atoms with Crippen LogP contribution in [0.15, 0.2) is 24.3 Å². The Balaban J connectivity index is 2.01. The first-order valence-electron chi connectivity index (χ1n) is 6.79. The molecule has 1 aromatic rings. The van der Waals surface area contributed by atoms with Gasteiger partial charge in [-0.2, -0.15) is 0 Å². The molecule has 1 atom stereocenters. The number of phenols is 1. The van der Waals surface area contributed by atoms with Crippen LogP contribution in [0.25, 0.3) is 0 Å². The molecule has 0 radical (unpaired) electrons. The van der Waals surface area contributed by atoms with Gasteiger partial charge in [-0.05, 0) is 37.1 Å². The summed E-state index contributed by atoms with van der Waals surface area (Å²) in [5.74, 6) is -0.404. The fourth-order valence-electron chi connectivity index (χ4n) is 2.92. The molecular formula is C15H21NO3. The summed E-state index contributed by atoms with van der Waals surface area (Å²) in [6.45, 7) is 4.23. The minimum atomic E-state index is -0.664. The van der Waals surface area contributed by atoms with E-state index in [0.29, 0.717) is 6.54 Å². The number of rotatable bonds is 5. The van der Waals surface area contributed by atoms with Crippen LogP contribution < -0.4 is 0 Å². The largest absolute Gasteiger partial charge is 0.508 e. The van der Waals surface area contributed by atoms with E-state index in [9.17, 15) is 15.0 Å². The lowest BCUT2D eigenvalue weighted by molar-refractivity contribution is -0.148. The summed E-state index contributed by atoms with van der Waals surface area (Å²) in [7, 11) is 0. The Bertz CT molecular complexity index is 443. The highest BCUT2D eigenvalue weighted by atomic mass is 16.4. The Labute approximate surface area is 113 Å². The van der Waals surface area contributed by atoms with E-state index in [1.807, 2.05) is 19.1 Å². The maximum atomic E-state index is 11.5. The molecule has 1 fully saturated rings. The molecule has 4 nitrogen and oxygen atoms in total. The molecule has 0 amide bonds. The molecule has 104 valence electrons. The summed E-state index contributed by atoms with van der Waals surface area (Å²) in [5, 5.41) is 18.7. The number of benzene rings is 1. The molecule has 0 saturated carbocycles. The van der Waals surface area contributed by atoms with Gasteiger partial charge in [-0.1, -0.05) is 25.5 Å². The van der Waals surface area contributed by atoms with Gasteiger partial charge < -0.3 is 10.2 Å². The smallest absolute Gasteiger partial charge is 0.310 e. The van der Waals surface area contributed by atoms with Crippen LogP contribution in [0.3, 0.4) is 0 Å². The third kappa shape index (κ3) is 3.07. The molecule has 1 saturated heterocycles. The van der Waals surface area contributed by atoms with Crippen molar-refractivity contribution in [3.8, 4) is 5.75 Å². The van der Waals surface area contributed by atoms with E-state index in [2.05, 4.69) is 4.90 Å². The minimum Gasteiger partial charge on any atom is -0.508 e. The molecule has 2 rings (SSSR count). The molecule has 19 heavy (non-hydrogen) atoms. The van der Waals surface area contributed by atoms with Gasteiger partial charge in [0, 0.05) is 13.1 Å². The van der Waals surface area contributed by atoms with Crippen molar-refractivity contribution >= 4 is 5.97 Å². The van der Waals surface area contributed by atoms with Crippen LogP contribution >= 0.6 is 0 Å². The lowest BCUT2D eigenvalue weighted by Gasteiger charge is -2.24. The topological polar surface area (TPSA) is 60.8 Å². The SMILES string of the molecule is CCCC1(C(=O)O)CCN(Cc2ccc(O)cc2)C1. The molecule has 1 aromatic carbocycles. The number of nitrogens with zero attached hydrogens (tertiary/aromatic N) is 1. The van der Waals surface area contributed by atoms with Crippen LogP contribution in [-0.4, -0.2) is 34.2 Å². The maximum Gasteiger partial charge on any atom is 0.310 e. The van der Waals surface area contributed by atoms with E-state index >= 15 is 0 Å². The van der Waals surface area contributed by atoms with Crippen LogP contribution in [0.1, 0.15) is 31.7 Å². The van der Waals surface area contributed by atoms with E-state index in [0.717, 1.165) is 37.9 Å². The van der Waals surface area contributed by atoms with Gasteiger partial charge in [0.15, 0.2) is 0 Å². The molecule has 2 N–H and O–H groups in total. The summed E-state index contributed by atoms with van der Waals surface area (Å²) in [6, 6.07) is 7.11. The average molecular weight is 263 g/mol. The van der Waals surface area contributed by atoms with Crippen molar-refractivity contribution in [2.75, 3.05) is 13.1 Å². The monoisotopic (exact) mass is 263 g/mol. The Hall–Kier alpha value is -1.55. The number of aromatic hydroxyl groups is 1. The molecule has 1 unspecified atom stereocenters. The number of hydrogen-bond acceptors (Lipinski definition) is 3. The Kier molecular flexibility index (Phi) is 4.10. The van der Waals surface area contributed by atoms with E-state index < -0.39 is 11.4 Å². The third-order valence-electron chi connectivity index (χ3n) is 3.96. The van der Waals surface area contributed by atoms with E-state index in [1.54, 1.807) is 12.1 Å². The number of phenolic OH excluding ortho intramolecular Hbond substituents is 1. The van der Waals surface area contributed by atoms with Crippen LogP contribution in [0.5, 0.6) is 5.75 Å². The van der Waals surface area contributed by atoms with E-state index in [1.165, 1.54) is 0 Å². The van der Waals surface area contributed by atoms with Crippen molar-refractivity contribution in [3.05, 3.63) is 29.8 Å². The number of carboxylic acid groups (broad SMARTS) is 1. The molecule has 0 bridgehead atoms. The zero-order valence-electron chi connectivity index (χ0n) is 11.3. The zero-order valence-corrected chi connectivity index (χ0v) is 11.3. The second-order valence-corrected chi connectivity index (χ2v) is 5.46. The molecular weight excluding hydrogens is 242 g/mol. The van der Waals surface area contributed by atoms with Crippen LogP contribution in [0, 0.1) is 5.41 Å². The fraction of sp³-hybridized carbons (Fsp3) is 0.533. The van der Waals surface area contributed by atoms with Crippen LogP contribution in [0.4, 0.5) is 0 Å². The van der Waals surface area contributed by atoms with Gasteiger partial charge in [-0.15, -0.1) is 0 Å². The van der Waals surface area contributed by atoms with Gasteiger partial charge in [0.25, 0.3) is 0 Å². The Morgan fingerprint density at radius 2 is 2.05 bits per heavy atom. The average Bonchev–Trinajstić information content (AvgIpc) is 2.77. The van der Waals surface area contributed by atoms with Crippen LogP contribution in [-0.2, 0) is 11.3 Å². The second kappa shape index (κ2) is 5.61. The molecule has 4 heteroatoms. The summed E-state index contributed by atoms with van der Waals surface area (Å²) in [5.41, 5.74) is 0.543. The normalized spacial score (nSPS) is 23.6. The highest BCUT2D eigenvalue weighted by Gasteiger charge is 2.43. The Morgan fingerprint density at radius 1 is 1.37 bits per heavy atom. The second-order valence-electron chi connectivity index (χ2n) is 5.46. The molecule has 0 spiro atoms. The highest BCUT2D eigenvalue weighted by Crippen LogP contribution is 2.36. The van der Waals surface area contributed by atoms with Crippen molar-refractivity contribution < 1.29 is 15.0 Å². The quantitative estimate of drug-likeness (QED) is 0.856. The number of likely N-dealkylation sites (tertiary alicyclic amines) is 1. The maximum absolute atomic E-state index is 11.5. The van der Waals surface area contributed by atoms with Crippen molar-refractivity contribution in [2.24, 2.45) is 5.41 Å². The first-order chi connectivity index (χ1) is 9.05. The summed E-state index contributed by atoms with van der Waals surface area (Å²) in [4.78, 5) is 13.7. The summed E-state index contributed by atoms with van der Waals surface area (Å²) in [6.07, 6.45) is 2.38. The summed E-state index contributed by atoms with van der Waals surface area (Å²) < 4.78 is 0. The molecule has 0 aromatic heterocycles. The first kappa shape index (κ1) is 13.9. The van der Waals surface area contributed by atoms with E-state index in [4.69, 9.17) is 0 Å². The van der Waals surface area contributed by atoms with Crippen molar-refractivity contribution in [1.29, 1.82) is 0 Å². The number of hydrogen-bond donors (Lipinski definition) is 2. The lowest BCUT2D eigenvalue weighted by Crippen LogP contribution is -2.34. The fourth-order valence-corrected chi connectivity index (χ4v) is 2.92. The minimum absolute atomic E-state index is 0.260. The van der Waals surface area contributed by atoms with Crippen molar-refractivity contribution in [3.63, 3.8) is 0 Å².